The van der Waals surface area contributed by atoms with Crippen LogP contribution < -0.4 is 4.74 Å². The van der Waals surface area contributed by atoms with Crippen molar-refractivity contribution in [3.8, 4) is 17.7 Å². The highest BCUT2D eigenvalue weighted by Crippen LogP contribution is 2.26. The van der Waals surface area contributed by atoms with Crippen molar-refractivity contribution in [1.82, 2.24) is 4.98 Å². The molecule has 0 unspecified atom stereocenters. The summed E-state index contributed by atoms with van der Waals surface area (Å²) in [6, 6.07) is 5.05. The lowest BCUT2D eigenvalue weighted by Gasteiger charge is -2.07. The summed E-state index contributed by atoms with van der Waals surface area (Å²) in [7, 11) is 0. The molecule has 0 bridgehead atoms. The summed E-state index contributed by atoms with van der Waals surface area (Å²) in [5, 5.41) is 8.53. The number of pyridine rings is 1. The van der Waals surface area contributed by atoms with Crippen molar-refractivity contribution in [2.45, 2.75) is 0 Å². The summed E-state index contributed by atoms with van der Waals surface area (Å²) in [6.45, 7) is 0. The van der Waals surface area contributed by atoms with Gasteiger partial charge in [-0.15, -0.1) is 0 Å². The van der Waals surface area contributed by atoms with Crippen LogP contribution >= 0.6 is 0 Å². The van der Waals surface area contributed by atoms with Gasteiger partial charge < -0.3 is 4.74 Å². The van der Waals surface area contributed by atoms with E-state index in [0.717, 1.165) is 12.1 Å². The molecule has 1 aromatic heterocycles. The smallest absolute Gasteiger partial charge is 0.258 e. The maximum Gasteiger partial charge on any atom is 0.258 e. The predicted octanol–water partition coefficient (Wildman–Crippen LogP) is 3.30. The molecule has 3 nitrogen and oxygen atoms in total. The number of hydrogen-bond donors (Lipinski definition) is 0. The molecule has 0 saturated heterocycles. The third kappa shape index (κ3) is 2.63. The van der Waals surface area contributed by atoms with Crippen LogP contribution in [0.2, 0.25) is 0 Å². The van der Waals surface area contributed by atoms with Crippen LogP contribution in [0.3, 0.4) is 0 Å². The molecule has 7 heteroatoms. The maximum atomic E-state index is 13.4. The monoisotopic (exact) mass is 268 g/mol. The summed E-state index contributed by atoms with van der Waals surface area (Å²) < 4.78 is 56.8. The Hall–Kier alpha value is -2.62. The zero-order valence-electron chi connectivity index (χ0n) is 9.12. The first-order valence-electron chi connectivity index (χ1n) is 4.90. The van der Waals surface area contributed by atoms with Crippen molar-refractivity contribution in [3.63, 3.8) is 0 Å². The molecule has 0 atom stereocenters. The van der Waals surface area contributed by atoms with Crippen molar-refractivity contribution >= 4 is 0 Å². The Kier molecular flexibility index (Phi) is 3.33. The van der Waals surface area contributed by atoms with Crippen LogP contribution in [0.4, 0.5) is 17.6 Å². The highest BCUT2D eigenvalue weighted by molar-refractivity contribution is 5.37. The van der Waals surface area contributed by atoms with Gasteiger partial charge in [-0.3, -0.25) is 0 Å². The highest BCUT2D eigenvalue weighted by Gasteiger charge is 2.15. The number of ether oxygens (including phenoxy) is 1. The molecule has 1 aromatic carbocycles. The molecule has 2 rings (SSSR count). The van der Waals surface area contributed by atoms with Crippen LogP contribution in [0.15, 0.2) is 24.3 Å². The van der Waals surface area contributed by atoms with Crippen LogP contribution in [0, 0.1) is 34.7 Å². The van der Waals surface area contributed by atoms with E-state index in [4.69, 9.17) is 10.00 Å². The minimum Gasteiger partial charge on any atom is -0.433 e. The van der Waals surface area contributed by atoms with E-state index < -0.39 is 35.0 Å². The van der Waals surface area contributed by atoms with Crippen LogP contribution in [0.5, 0.6) is 11.6 Å². The SMILES string of the molecule is N#Cc1ccc(Oc2nc(F)c(F)cc2F)c(F)c1. The van der Waals surface area contributed by atoms with Crippen LogP contribution in [0.25, 0.3) is 0 Å². The van der Waals surface area contributed by atoms with Crippen LogP contribution in [-0.4, -0.2) is 4.98 Å². The van der Waals surface area contributed by atoms with Crippen molar-refractivity contribution in [2.75, 3.05) is 0 Å². The normalized spacial score (nSPS) is 10.1. The molecule has 1 heterocycles. The third-order valence-electron chi connectivity index (χ3n) is 2.12. The minimum absolute atomic E-state index is 0.0311. The predicted molar refractivity (Wildman–Crippen MR) is 55.3 cm³/mol. The maximum absolute atomic E-state index is 13.4. The summed E-state index contributed by atoms with van der Waals surface area (Å²) in [5.74, 6) is -6.64. The lowest BCUT2D eigenvalue weighted by atomic mass is 10.2. The molecule has 96 valence electrons. The Labute approximate surface area is 104 Å². The van der Waals surface area contributed by atoms with Gasteiger partial charge in [0.2, 0.25) is 0 Å². The van der Waals surface area contributed by atoms with E-state index >= 15 is 0 Å². The molecule has 0 aliphatic rings. The number of hydrogen-bond acceptors (Lipinski definition) is 3. The summed E-state index contributed by atoms with van der Waals surface area (Å²) in [6.07, 6.45) is 0. The van der Waals surface area contributed by atoms with Gasteiger partial charge in [0.1, 0.15) is 0 Å². The second kappa shape index (κ2) is 4.94. The molecule has 2 aromatic rings. The zero-order chi connectivity index (χ0) is 14.0. The second-order valence-corrected chi connectivity index (χ2v) is 3.41. The van der Waals surface area contributed by atoms with E-state index in [-0.39, 0.29) is 11.6 Å². The average molecular weight is 268 g/mol. The topological polar surface area (TPSA) is 45.9 Å². The molecule has 19 heavy (non-hydrogen) atoms. The molecule has 0 N–H and O–H groups in total. The zero-order valence-corrected chi connectivity index (χ0v) is 9.12. The number of nitrogens with zero attached hydrogens (tertiary/aromatic N) is 2. The number of rotatable bonds is 2. The van der Waals surface area contributed by atoms with Crippen molar-refractivity contribution < 1.29 is 22.3 Å². The lowest BCUT2D eigenvalue weighted by molar-refractivity contribution is 0.372. The molecule has 0 radical (unpaired) electrons. The standard InChI is InChI=1S/C12H4F4N2O/c13-7-3-6(5-17)1-2-10(7)19-12-9(15)4-8(14)11(16)18-12/h1-4H. The fourth-order valence-corrected chi connectivity index (χ4v) is 1.26. The van der Waals surface area contributed by atoms with Gasteiger partial charge in [0, 0.05) is 6.07 Å². The highest BCUT2D eigenvalue weighted by atomic mass is 19.2. The van der Waals surface area contributed by atoms with E-state index in [2.05, 4.69) is 4.98 Å². The Morgan fingerprint density at radius 2 is 1.74 bits per heavy atom. The van der Waals surface area contributed by atoms with E-state index in [0.29, 0.717) is 0 Å². The van der Waals surface area contributed by atoms with Gasteiger partial charge in [-0.1, -0.05) is 0 Å². The first-order chi connectivity index (χ1) is 9.01. The Balaban J connectivity index is 2.37. The van der Waals surface area contributed by atoms with E-state index in [1.165, 1.54) is 6.07 Å². The Bertz CT molecular complexity index is 682. The van der Waals surface area contributed by atoms with Gasteiger partial charge in [-0.05, 0) is 18.2 Å². The van der Waals surface area contributed by atoms with Crippen molar-refractivity contribution in [3.05, 3.63) is 53.2 Å². The number of halogens is 4. The molecular weight excluding hydrogens is 264 g/mol. The summed E-state index contributed by atoms with van der Waals surface area (Å²) in [4.78, 5) is 2.88. The molecule has 0 amide bonds. The Morgan fingerprint density at radius 1 is 1.00 bits per heavy atom. The van der Waals surface area contributed by atoms with Crippen LogP contribution in [-0.2, 0) is 0 Å². The minimum atomic E-state index is -1.56. The lowest BCUT2D eigenvalue weighted by Crippen LogP contribution is -1.99. The first kappa shape index (κ1) is 12.8. The quantitative estimate of drug-likeness (QED) is 0.620. The fraction of sp³-hybridized carbons (Fsp3) is 0. The molecule has 0 saturated carbocycles. The van der Waals surface area contributed by atoms with Gasteiger partial charge in [-0.25, -0.2) is 13.2 Å². The Morgan fingerprint density at radius 3 is 2.37 bits per heavy atom. The second-order valence-electron chi connectivity index (χ2n) is 3.41. The molecule has 0 aliphatic heterocycles. The van der Waals surface area contributed by atoms with E-state index in [1.807, 2.05) is 0 Å². The van der Waals surface area contributed by atoms with E-state index in [9.17, 15) is 17.6 Å². The van der Waals surface area contributed by atoms with Gasteiger partial charge in [0.25, 0.3) is 11.8 Å². The van der Waals surface area contributed by atoms with Crippen molar-refractivity contribution in [2.24, 2.45) is 0 Å². The first-order valence-corrected chi connectivity index (χ1v) is 4.90. The molecule has 0 spiro atoms. The number of benzene rings is 1. The molecule has 0 fully saturated rings. The average Bonchev–Trinajstić information content (AvgIpc) is 2.38. The third-order valence-corrected chi connectivity index (χ3v) is 2.12. The van der Waals surface area contributed by atoms with Gasteiger partial charge in [-0.2, -0.15) is 14.6 Å². The fourth-order valence-electron chi connectivity index (χ4n) is 1.26. The molecular formula is C12H4F4N2O. The van der Waals surface area contributed by atoms with E-state index in [1.54, 1.807) is 6.07 Å². The van der Waals surface area contributed by atoms with Gasteiger partial charge in [0.15, 0.2) is 23.2 Å². The number of aromatic nitrogens is 1. The molecule has 0 aliphatic carbocycles. The van der Waals surface area contributed by atoms with Crippen LogP contribution in [0.1, 0.15) is 5.56 Å². The number of nitriles is 1. The van der Waals surface area contributed by atoms with Crippen molar-refractivity contribution in [1.29, 1.82) is 5.26 Å². The summed E-state index contributed by atoms with van der Waals surface area (Å²) in [5.41, 5.74) is 0.0311. The summed E-state index contributed by atoms with van der Waals surface area (Å²) >= 11 is 0. The van der Waals surface area contributed by atoms with Gasteiger partial charge in [0.05, 0.1) is 11.6 Å². The largest absolute Gasteiger partial charge is 0.433 e. The van der Waals surface area contributed by atoms with Gasteiger partial charge >= 0.3 is 0 Å².